The summed E-state index contributed by atoms with van der Waals surface area (Å²) in [6.07, 6.45) is -0.717. The van der Waals surface area contributed by atoms with Crippen molar-refractivity contribution < 1.29 is 14.7 Å². The van der Waals surface area contributed by atoms with Crippen molar-refractivity contribution in [1.29, 1.82) is 0 Å². The van der Waals surface area contributed by atoms with Crippen molar-refractivity contribution in [2.45, 2.75) is 6.10 Å². The first kappa shape index (κ1) is 14.2. The Bertz CT molecular complexity index is 520. The number of aliphatic hydroxyl groups excluding tert-OH is 1. The Kier molecular flexibility index (Phi) is 4.01. The van der Waals surface area contributed by atoms with E-state index >= 15 is 0 Å². The van der Waals surface area contributed by atoms with Gasteiger partial charge >= 0.3 is 0 Å². The van der Waals surface area contributed by atoms with Gasteiger partial charge < -0.3 is 10.4 Å². The fourth-order valence-electron chi connectivity index (χ4n) is 2.87. The summed E-state index contributed by atoms with van der Waals surface area (Å²) >= 11 is 0. The first-order chi connectivity index (χ1) is 10.2. The highest BCUT2D eigenvalue weighted by atomic mass is 16.3. The van der Waals surface area contributed by atoms with Crippen LogP contribution in [-0.2, 0) is 0 Å². The summed E-state index contributed by atoms with van der Waals surface area (Å²) in [5.74, 6) is -0.620. The summed E-state index contributed by atoms with van der Waals surface area (Å²) in [6, 6.07) is 6.78. The predicted octanol–water partition coefficient (Wildman–Crippen LogP) is -0.451. The second-order valence-corrected chi connectivity index (χ2v) is 5.47. The molecule has 21 heavy (non-hydrogen) atoms. The number of imide groups is 1. The van der Waals surface area contributed by atoms with Crippen molar-refractivity contribution >= 4 is 11.8 Å². The third-order valence-corrected chi connectivity index (χ3v) is 3.95. The van der Waals surface area contributed by atoms with E-state index in [4.69, 9.17) is 0 Å². The van der Waals surface area contributed by atoms with Crippen molar-refractivity contribution in [1.82, 2.24) is 15.1 Å². The molecular formula is C15H19N3O3. The standard InChI is InChI=1S/C15H19N3O3/c19-11(9-17-7-5-16-6-8-17)10-18-14(20)12-3-1-2-4-13(12)15(18)21/h1-4,11,16,19H,5-10H2. The van der Waals surface area contributed by atoms with Gasteiger partial charge in [-0.25, -0.2) is 0 Å². The molecule has 2 N–H and O–H groups in total. The number of nitrogens with one attached hydrogen (secondary N) is 1. The lowest BCUT2D eigenvalue weighted by molar-refractivity contribution is 0.0463. The number of carbonyl (C=O) groups is 2. The van der Waals surface area contributed by atoms with E-state index in [0.717, 1.165) is 31.1 Å². The maximum absolute atomic E-state index is 12.2. The quantitative estimate of drug-likeness (QED) is 0.735. The molecule has 1 unspecified atom stereocenters. The SMILES string of the molecule is O=C1c2ccccc2C(=O)N1CC(O)CN1CCNCC1. The lowest BCUT2D eigenvalue weighted by atomic mass is 10.1. The number of fused-ring (bicyclic) bond motifs is 1. The van der Waals surface area contributed by atoms with Gasteiger partial charge in [0.2, 0.25) is 0 Å². The van der Waals surface area contributed by atoms with Gasteiger partial charge in [-0.3, -0.25) is 19.4 Å². The summed E-state index contributed by atoms with van der Waals surface area (Å²) in [5, 5.41) is 13.4. The predicted molar refractivity (Wildman–Crippen MR) is 77.1 cm³/mol. The van der Waals surface area contributed by atoms with Gasteiger partial charge in [0.05, 0.1) is 23.8 Å². The molecule has 0 radical (unpaired) electrons. The van der Waals surface area contributed by atoms with E-state index in [9.17, 15) is 14.7 Å². The van der Waals surface area contributed by atoms with Crippen LogP contribution < -0.4 is 5.32 Å². The summed E-state index contributed by atoms with van der Waals surface area (Å²) in [7, 11) is 0. The zero-order chi connectivity index (χ0) is 14.8. The second kappa shape index (κ2) is 5.93. The minimum atomic E-state index is -0.717. The normalized spacial score (nSPS) is 20.7. The number of piperazine rings is 1. The van der Waals surface area contributed by atoms with E-state index in [1.165, 1.54) is 0 Å². The molecule has 3 rings (SSSR count). The molecule has 1 fully saturated rings. The van der Waals surface area contributed by atoms with Crippen LogP contribution in [0.2, 0.25) is 0 Å². The number of carbonyl (C=O) groups excluding carboxylic acids is 2. The molecular weight excluding hydrogens is 270 g/mol. The van der Waals surface area contributed by atoms with E-state index in [2.05, 4.69) is 10.2 Å². The van der Waals surface area contributed by atoms with Gasteiger partial charge in [-0.2, -0.15) is 0 Å². The number of β-amino-alcohol motifs (C(OH)–C–C–N with tert-alkyl or cyclic N) is 1. The van der Waals surface area contributed by atoms with Gasteiger partial charge in [0.1, 0.15) is 0 Å². The van der Waals surface area contributed by atoms with Crippen molar-refractivity contribution in [3.8, 4) is 0 Å². The van der Waals surface area contributed by atoms with Crippen LogP contribution in [-0.4, -0.2) is 72.1 Å². The van der Waals surface area contributed by atoms with Crippen LogP contribution in [0.1, 0.15) is 20.7 Å². The van der Waals surface area contributed by atoms with Crippen molar-refractivity contribution in [3.63, 3.8) is 0 Å². The number of amides is 2. The Balaban J connectivity index is 1.63. The number of nitrogens with zero attached hydrogens (tertiary/aromatic N) is 2. The van der Waals surface area contributed by atoms with Crippen LogP contribution in [0.4, 0.5) is 0 Å². The molecule has 2 heterocycles. The maximum atomic E-state index is 12.2. The lowest BCUT2D eigenvalue weighted by Crippen LogP contribution is -2.48. The summed E-state index contributed by atoms with van der Waals surface area (Å²) in [5.41, 5.74) is 0.855. The van der Waals surface area contributed by atoms with Crippen molar-refractivity contribution in [2.24, 2.45) is 0 Å². The van der Waals surface area contributed by atoms with Gasteiger partial charge in [0.25, 0.3) is 11.8 Å². The minimum absolute atomic E-state index is 0.0519. The average Bonchev–Trinajstić information content (AvgIpc) is 2.74. The molecule has 2 aliphatic rings. The Morgan fingerprint density at radius 2 is 1.62 bits per heavy atom. The van der Waals surface area contributed by atoms with E-state index in [1.807, 2.05) is 0 Å². The number of hydrogen-bond acceptors (Lipinski definition) is 5. The molecule has 2 amide bonds. The van der Waals surface area contributed by atoms with E-state index in [1.54, 1.807) is 24.3 Å². The molecule has 0 aliphatic carbocycles. The fraction of sp³-hybridized carbons (Fsp3) is 0.467. The Morgan fingerprint density at radius 1 is 1.05 bits per heavy atom. The van der Waals surface area contributed by atoms with Gasteiger partial charge in [0.15, 0.2) is 0 Å². The molecule has 112 valence electrons. The zero-order valence-corrected chi connectivity index (χ0v) is 11.8. The Morgan fingerprint density at radius 3 is 2.19 bits per heavy atom. The summed E-state index contributed by atoms with van der Waals surface area (Å²) in [6.45, 7) is 4.09. The number of benzene rings is 1. The third-order valence-electron chi connectivity index (χ3n) is 3.95. The number of hydrogen-bond donors (Lipinski definition) is 2. The molecule has 0 spiro atoms. The van der Waals surface area contributed by atoms with E-state index < -0.39 is 6.10 Å². The van der Waals surface area contributed by atoms with Crippen molar-refractivity contribution in [2.75, 3.05) is 39.3 Å². The molecule has 6 nitrogen and oxygen atoms in total. The van der Waals surface area contributed by atoms with Gasteiger partial charge in [-0.05, 0) is 12.1 Å². The largest absolute Gasteiger partial charge is 0.390 e. The van der Waals surface area contributed by atoms with Gasteiger partial charge in [-0.1, -0.05) is 12.1 Å². The Hall–Kier alpha value is -1.76. The molecule has 1 saturated heterocycles. The van der Waals surface area contributed by atoms with Gasteiger partial charge in [-0.15, -0.1) is 0 Å². The lowest BCUT2D eigenvalue weighted by Gasteiger charge is -2.30. The van der Waals surface area contributed by atoms with Crippen LogP contribution in [0.25, 0.3) is 0 Å². The van der Waals surface area contributed by atoms with E-state index in [-0.39, 0.29) is 18.4 Å². The second-order valence-electron chi connectivity index (χ2n) is 5.47. The first-order valence-electron chi connectivity index (χ1n) is 7.23. The summed E-state index contributed by atoms with van der Waals surface area (Å²) in [4.78, 5) is 27.7. The summed E-state index contributed by atoms with van der Waals surface area (Å²) < 4.78 is 0. The van der Waals surface area contributed by atoms with Gasteiger partial charge in [0, 0.05) is 32.7 Å². The molecule has 1 aromatic carbocycles. The highest BCUT2D eigenvalue weighted by molar-refractivity contribution is 6.21. The fourth-order valence-corrected chi connectivity index (χ4v) is 2.87. The molecule has 1 atom stereocenters. The number of rotatable bonds is 4. The molecule has 0 aromatic heterocycles. The monoisotopic (exact) mass is 289 g/mol. The molecule has 0 saturated carbocycles. The first-order valence-corrected chi connectivity index (χ1v) is 7.23. The third kappa shape index (κ3) is 2.83. The van der Waals surface area contributed by atoms with E-state index in [0.29, 0.717) is 17.7 Å². The molecule has 1 aromatic rings. The van der Waals surface area contributed by atoms with Crippen LogP contribution in [0, 0.1) is 0 Å². The molecule has 2 aliphatic heterocycles. The Labute approximate surface area is 123 Å². The van der Waals surface area contributed by atoms with Crippen LogP contribution in [0.5, 0.6) is 0 Å². The van der Waals surface area contributed by atoms with Crippen LogP contribution >= 0.6 is 0 Å². The number of aliphatic hydroxyl groups is 1. The van der Waals surface area contributed by atoms with Crippen molar-refractivity contribution in [3.05, 3.63) is 35.4 Å². The minimum Gasteiger partial charge on any atom is -0.390 e. The average molecular weight is 289 g/mol. The highest BCUT2D eigenvalue weighted by Gasteiger charge is 2.36. The molecule has 6 heteroatoms. The van der Waals surface area contributed by atoms with Crippen LogP contribution in [0.15, 0.2) is 24.3 Å². The maximum Gasteiger partial charge on any atom is 0.261 e. The highest BCUT2D eigenvalue weighted by Crippen LogP contribution is 2.22. The zero-order valence-electron chi connectivity index (χ0n) is 11.8. The smallest absolute Gasteiger partial charge is 0.261 e. The van der Waals surface area contributed by atoms with Crippen LogP contribution in [0.3, 0.4) is 0 Å². The topological polar surface area (TPSA) is 72.9 Å². The molecule has 0 bridgehead atoms.